The van der Waals surface area contributed by atoms with Gasteiger partial charge in [0.1, 0.15) is 17.6 Å². The average Bonchev–Trinajstić information content (AvgIpc) is 2.71. The molecule has 0 saturated carbocycles. The number of ether oxygens (including phenoxy) is 3. The monoisotopic (exact) mass is 433 g/mol. The normalized spacial score (nSPS) is 12.9. The van der Waals surface area contributed by atoms with Crippen LogP contribution >= 0.6 is 0 Å². The van der Waals surface area contributed by atoms with Crippen LogP contribution in [0.5, 0.6) is 11.5 Å². The van der Waals surface area contributed by atoms with E-state index in [4.69, 9.17) is 9.47 Å². The lowest BCUT2D eigenvalue weighted by molar-refractivity contribution is -0.153. The molecule has 0 bridgehead atoms. The van der Waals surface area contributed by atoms with Gasteiger partial charge in [-0.05, 0) is 37.3 Å². The number of alkyl halides is 5. The lowest BCUT2D eigenvalue weighted by Crippen LogP contribution is -2.24. The van der Waals surface area contributed by atoms with E-state index in [0.29, 0.717) is 5.69 Å². The van der Waals surface area contributed by atoms with Gasteiger partial charge in [-0.15, -0.1) is 0 Å². The van der Waals surface area contributed by atoms with E-state index < -0.39 is 37.4 Å². The smallest absolute Gasteiger partial charge is 0.422 e. The van der Waals surface area contributed by atoms with Gasteiger partial charge in [0.15, 0.2) is 13.2 Å². The summed E-state index contributed by atoms with van der Waals surface area (Å²) in [5.74, 6) is -3.72. The number of esters is 1. The molecular weight excluding hydrogens is 413 g/mol. The van der Waals surface area contributed by atoms with Crippen LogP contribution in [0.2, 0.25) is 0 Å². The van der Waals surface area contributed by atoms with Crippen molar-refractivity contribution in [2.75, 3.05) is 13.2 Å². The Bertz CT molecular complexity index is 840. The van der Waals surface area contributed by atoms with Crippen molar-refractivity contribution >= 4 is 5.97 Å². The van der Waals surface area contributed by atoms with Gasteiger partial charge >= 0.3 is 12.1 Å². The van der Waals surface area contributed by atoms with E-state index >= 15 is 0 Å². The largest absolute Gasteiger partial charge is 0.486 e. The molecule has 1 aromatic heterocycles. The summed E-state index contributed by atoms with van der Waals surface area (Å²) in [4.78, 5) is 16.3. The van der Waals surface area contributed by atoms with E-state index in [9.17, 15) is 26.7 Å². The van der Waals surface area contributed by atoms with Gasteiger partial charge in [-0.3, -0.25) is 4.98 Å². The zero-order valence-corrected chi connectivity index (χ0v) is 16.2. The molecule has 0 amide bonds. The lowest BCUT2D eigenvalue weighted by atomic mass is 10.2. The van der Waals surface area contributed by atoms with Crippen LogP contribution < -0.4 is 9.47 Å². The summed E-state index contributed by atoms with van der Waals surface area (Å²) in [5, 5.41) is 0. The Balaban J connectivity index is 1.95. The van der Waals surface area contributed by atoms with E-state index in [0.717, 1.165) is 6.07 Å². The first-order valence-electron chi connectivity index (χ1n) is 8.96. The van der Waals surface area contributed by atoms with Crippen molar-refractivity contribution in [3.63, 3.8) is 0 Å². The van der Waals surface area contributed by atoms with E-state index in [1.54, 1.807) is 0 Å². The number of nitrogens with zero attached hydrogens (tertiary/aromatic N) is 1. The van der Waals surface area contributed by atoms with Crippen LogP contribution in [-0.4, -0.2) is 36.3 Å². The number of carbonyl (C=O) groups excluding carboxylic acids is 1. The molecule has 1 unspecified atom stereocenters. The fourth-order valence-corrected chi connectivity index (χ4v) is 2.18. The number of rotatable bonds is 9. The molecule has 0 aliphatic heterocycles. The van der Waals surface area contributed by atoms with Crippen molar-refractivity contribution in [2.24, 2.45) is 0 Å². The van der Waals surface area contributed by atoms with Crippen molar-refractivity contribution in [3.05, 3.63) is 53.9 Å². The molecule has 0 aliphatic rings. The maximum Gasteiger partial charge on any atom is 0.422 e. The Morgan fingerprint density at radius 1 is 1.03 bits per heavy atom. The Labute approximate surface area is 169 Å². The molecule has 1 atom stereocenters. The van der Waals surface area contributed by atoms with Crippen LogP contribution in [0, 0.1) is 0 Å². The van der Waals surface area contributed by atoms with Crippen molar-refractivity contribution in [1.29, 1.82) is 0 Å². The van der Waals surface area contributed by atoms with Gasteiger partial charge in [0, 0.05) is 6.42 Å². The lowest BCUT2D eigenvalue weighted by Gasteiger charge is -2.16. The highest BCUT2D eigenvalue weighted by atomic mass is 19.4. The minimum Gasteiger partial charge on any atom is -0.486 e. The zero-order valence-electron chi connectivity index (χ0n) is 16.2. The predicted molar refractivity (Wildman–Crippen MR) is 96.8 cm³/mol. The molecule has 164 valence electrons. The summed E-state index contributed by atoms with van der Waals surface area (Å²) < 4.78 is 78.0. The van der Waals surface area contributed by atoms with Crippen LogP contribution in [-0.2, 0) is 4.74 Å². The molecule has 1 heterocycles. The molecule has 0 spiro atoms. The van der Waals surface area contributed by atoms with E-state index in [-0.39, 0.29) is 23.5 Å². The first-order valence-corrected chi connectivity index (χ1v) is 8.96. The second-order valence-electron chi connectivity index (χ2n) is 6.40. The number of hydrogen-bond acceptors (Lipinski definition) is 5. The summed E-state index contributed by atoms with van der Waals surface area (Å²) in [5.41, 5.74) is 0.339. The Hall–Kier alpha value is -2.91. The van der Waals surface area contributed by atoms with Crippen LogP contribution in [0.15, 0.2) is 42.6 Å². The maximum atomic E-state index is 13.2. The third-order valence-corrected chi connectivity index (χ3v) is 3.90. The number of hydrogen-bond donors (Lipinski definition) is 0. The average molecular weight is 433 g/mol. The number of aromatic nitrogens is 1. The first kappa shape index (κ1) is 23.4. The first-order chi connectivity index (χ1) is 14.0. The van der Waals surface area contributed by atoms with Gasteiger partial charge in [-0.25, -0.2) is 13.6 Å². The second kappa shape index (κ2) is 9.73. The Kier molecular flexibility index (Phi) is 7.58. The summed E-state index contributed by atoms with van der Waals surface area (Å²) in [7, 11) is 0. The zero-order chi connectivity index (χ0) is 22.4. The fourth-order valence-electron chi connectivity index (χ4n) is 2.18. The molecule has 2 aromatic rings. The predicted octanol–water partition coefficient (Wildman–Crippen LogP) is 5.36. The van der Waals surface area contributed by atoms with Gasteiger partial charge in [0.25, 0.3) is 5.92 Å². The fraction of sp³-hybridized carbons (Fsp3) is 0.400. The number of carbonyl (C=O) groups is 1. The van der Waals surface area contributed by atoms with Crippen LogP contribution in [0.1, 0.15) is 42.4 Å². The maximum absolute atomic E-state index is 13.2. The van der Waals surface area contributed by atoms with Crippen molar-refractivity contribution < 1.29 is 41.0 Å². The molecule has 5 nitrogen and oxygen atoms in total. The molecule has 1 aromatic carbocycles. The highest BCUT2D eigenvalue weighted by molar-refractivity contribution is 5.90. The highest BCUT2D eigenvalue weighted by Gasteiger charge is 2.29. The second-order valence-corrected chi connectivity index (χ2v) is 6.40. The third kappa shape index (κ3) is 7.49. The highest BCUT2D eigenvalue weighted by Crippen LogP contribution is 2.24. The minimum atomic E-state index is -4.50. The summed E-state index contributed by atoms with van der Waals surface area (Å²) in [6, 6.07) is 8.04. The van der Waals surface area contributed by atoms with Crippen molar-refractivity contribution in [1.82, 2.24) is 4.98 Å². The van der Waals surface area contributed by atoms with Gasteiger partial charge in [-0.1, -0.05) is 13.0 Å². The number of halogens is 5. The molecule has 0 N–H and O–H groups in total. The summed E-state index contributed by atoms with van der Waals surface area (Å²) in [6.07, 6.45) is -4.42. The van der Waals surface area contributed by atoms with Gasteiger partial charge in [-0.2, -0.15) is 13.2 Å². The number of pyridine rings is 1. The molecule has 2 rings (SSSR count). The Morgan fingerprint density at radius 2 is 1.73 bits per heavy atom. The summed E-state index contributed by atoms with van der Waals surface area (Å²) >= 11 is 0. The van der Waals surface area contributed by atoms with Gasteiger partial charge < -0.3 is 14.2 Å². The standard InChI is InChI=1S/C20H20F5NO4/c1-3-19(21,22)11-28-16-7-8-17(26-10-16)13(2)30-18(27)14-5-4-6-15(9-14)29-12-20(23,24)25/h4-10,13H,3,11-12H2,1-2H3. The van der Waals surface area contributed by atoms with Crippen molar-refractivity contribution in [3.8, 4) is 11.5 Å². The van der Waals surface area contributed by atoms with Gasteiger partial charge in [0.2, 0.25) is 0 Å². The van der Waals surface area contributed by atoms with E-state index in [1.165, 1.54) is 50.4 Å². The van der Waals surface area contributed by atoms with Crippen molar-refractivity contribution in [2.45, 2.75) is 38.5 Å². The molecule has 0 radical (unpaired) electrons. The SMILES string of the molecule is CCC(F)(F)COc1ccc(C(C)OC(=O)c2cccc(OCC(F)(F)F)c2)nc1. The van der Waals surface area contributed by atoms with E-state index in [2.05, 4.69) is 9.72 Å². The molecule has 30 heavy (non-hydrogen) atoms. The molecule has 0 saturated heterocycles. The summed E-state index contributed by atoms with van der Waals surface area (Å²) in [6.45, 7) is 0.626. The van der Waals surface area contributed by atoms with Crippen LogP contribution in [0.4, 0.5) is 22.0 Å². The van der Waals surface area contributed by atoms with Crippen LogP contribution in [0.3, 0.4) is 0 Å². The third-order valence-electron chi connectivity index (χ3n) is 3.90. The minimum absolute atomic E-state index is 0.00303. The molecule has 0 fully saturated rings. The topological polar surface area (TPSA) is 57.7 Å². The van der Waals surface area contributed by atoms with Crippen LogP contribution in [0.25, 0.3) is 0 Å². The number of benzene rings is 1. The Morgan fingerprint density at radius 3 is 2.33 bits per heavy atom. The quantitative estimate of drug-likeness (QED) is 0.393. The van der Waals surface area contributed by atoms with E-state index in [1.807, 2.05) is 0 Å². The van der Waals surface area contributed by atoms with Gasteiger partial charge in [0.05, 0.1) is 17.5 Å². The molecule has 10 heteroatoms. The molecule has 0 aliphatic carbocycles. The molecular formula is C20H20F5NO4.